The first-order chi connectivity index (χ1) is 13.7. The molecule has 0 aromatic heterocycles. The van der Waals surface area contributed by atoms with Crippen LogP contribution in [0.4, 0.5) is 0 Å². The van der Waals surface area contributed by atoms with E-state index in [4.69, 9.17) is 9.84 Å². The average molecular weight is 399 g/mol. The third kappa shape index (κ3) is 5.81. The molecule has 6 nitrogen and oxygen atoms in total. The number of aromatic carboxylic acids is 1. The predicted molar refractivity (Wildman–Crippen MR) is 115 cm³/mol. The molecule has 0 saturated heterocycles. The highest BCUT2D eigenvalue weighted by atomic mass is 16.5. The lowest BCUT2D eigenvalue weighted by atomic mass is 9.95. The minimum absolute atomic E-state index is 0.124. The Labute approximate surface area is 172 Å². The van der Waals surface area contributed by atoms with E-state index in [9.17, 15) is 9.59 Å². The summed E-state index contributed by atoms with van der Waals surface area (Å²) in [5.41, 5.74) is 4.11. The van der Waals surface area contributed by atoms with Gasteiger partial charge in [-0.05, 0) is 56.3 Å². The quantitative estimate of drug-likeness (QED) is 0.702. The zero-order valence-corrected chi connectivity index (χ0v) is 17.9. The summed E-state index contributed by atoms with van der Waals surface area (Å²) >= 11 is 0. The Morgan fingerprint density at radius 3 is 2.21 bits per heavy atom. The van der Waals surface area contributed by atoms with E-state index in [2.05, 4.69) is 4.90 Å². The lowest BCUT2D eigenvalue weighted by molar-refractivity contribution is -0.130. The van der Waals surface area contributed by atoms with Crippen molar-refractivity contribution in [3.8, 4) is 16.9 Å². The zero-order chi connectivity index (χ0) is 21.6. The third-order valence-corrected chi connectivity index (χ3v) is 5.08. The summed E-state index contributed by atoms with van der Waals surface area (Å²) in [6.07, 6.45) is 1.09. The number of carboxylic acid groups (broad SMARTS) is 1. The lowest BCUT2D eigenvalue weighted by Crippen LogP contribution is -2.33. The Balaban J connectivity index is 2.15. The van der Waals surface area contributed by atoms with Gasteiger partial charge in [-0.15, -0.1) is 0 Å². The highest BCUT2D eigenvalue weighted by Gasteiger charge is 2.15. The first-order valence-corrected chi connectivity index (χ1v) is 9.63. The summed E-state index contributed by atoms with van der Waals surface area (Å²) in [5.74, 6) is -0.0761. The van der Waals surface area contributed by atoms with Crippen molar-refractivity contribution in [2.24, 2.45) is 0 Å². The number of rotatable bonds is 9. The van der Waals surface area contributed by atoms with E-state index >= 15 is 0 Å². The van der Waals surface area contributed by atoms with Gasteiger partial charge in [0, 0.05) is 32.1 Å². The summed E-state index contributed by atoms with van der Waals surface area (Å²) in [5, 5.41) is 9.07. The fraction of sp³-hybridized carbons (Fsp3) is 0.391. The number of methoxy groups -OCH3 is 1. The van der Waals surface area contributed by atoms with E-state index in [0.29, 0.717) is 19.4 Å². The summed E-state index contributed by atoms with van der Waals surface area (Å²) in [6, 6.07) is 10.7. The van der Waals surface area contributed by atoms with E-state index in [1.165, 1.54) is 0 Å². The molecule has 2 aromatic carbocycles. The molecule has 0 aliphatic heterocycles. The molecule has 0 aliphatic carbocycles. The first-order valence-electron chi connectivity index (χ1n) is 9.63. The third-order valence-electron chi connectivity index (χ3n) is 5.08. The molecule has 0 aliphatic rings. The van der Waals surface area contributed by atoms with Crippen molar-refractivity contribution in [3.05, 3.63) is 53.1 Å². The molecule has 2 rings (SSSR count). The van der Waals surface area contributed by atoms with Gasteiger partial charge >= 0.3 is 5.97 Å². The molecule has 2 aromatic rings. The van der Waals surface area contributed by atoms with Crippen LogP contribution in [-0.4, -0.2) is 68.1 Å². The van der Waals surface area contributed by atoms with Gasteiger partial charge in [-0.25, -0.2) is 4.79 Å². The molecule has 0 bridgehead atoms. The molecule has 0 unspecified atom stereocenters. The van der Waals surface area contributed by atoms with Crippen LogP contribution in [0.5, 0.6) is 5.75 Å². The number of hydrogen-bond donors (Lipinski definition) is 1. The normalized spacial score (nSPS) is 10.8. The lowest BCUT2D eigenvalue weighted by Gasteiger charge is -2.20. The second-order valence-corrected chi connectivity index (χ2v) is 7.43. The highest BCUT2D eigenvalue weighted by Crippen LogP contribution is 2.35. The predicted octanol–water partition coefficient (Wildman–Crippen LogP) is 3.32. The van der Waals surface area contributed by atoms with Crippen LogP contribution in [0.2, 0.25) is 0 Å². The molecule has 6 heteroatoms. The summed E-state index contributed by atoms with van der Waals surface area (Å²) in [6.45, 7) is 3.54. The van der Waals surface area contributed by atoms with Crippen LogP contribution in [0.25, 0.3) is 11.1 Å². The van der Waals surface area contributed by atoms with Gasteiger partial charge in [-0.2, -0.15) is 0 Å². The molecule has 0 spiro atoms. The summed E-state index contributed by atoms with van der Waals surface area (Å²) in [7, 11) is 7.44. The van der Waals surface area contributed by atoms with Crippen molar-refractivity contribution in [1.29, 1.82) is 0 Å². The fourth-order valence-electron chi connectivity index (χ4n) is 3.19. The molecule has 156 valence electrons. The summed E-state index contributed by atoms with van der Waals surface area (Å²) in [4.78, 5) is 27.3. The zero-order valence-electron chi connectivity index (χ0n) is 17.9. The van der Waals surface area contributed by atoms with Crippen LogP contribution in [0.15, 0.2) is 36.4 Å². The number of likely N-dealkylation sites (N-methyl/N-ethyl adjacent to an activating group) is 2. The van der Waals surface area contributed by atoms with Gasteiger partial charge in [0.05, 0.1) is 12.7 Å². The smallest absolute Gasteiger partial charge is 0.335 e. The van der Waals surface area contributed by atoms with Crippen LogP contribution >= 0.6 is 0 Å². The first kappa shape index (κ1) is 22.4. The second-order valence-electron chi connectivity index (χ2n) is 7.43. The maximum Gasteiger partial charge on any atom is 0.335 e. The van der Waals surface area contributed by atoms with Gasteiger partial charge in [-0.1, -0.05) is 24.3 Å². The number of carbonyl (C=O) groups excluding carboxylic acids is 1. The molecule has 0 atom stereocenters. The fourth-order valence-corrected chi connectivity index (χ4v) is 3.19. The van der Waals surface area contributed by atoms with E-state index in [-0.39, 0.29) is 11.5 Å². The Morgan fingerprint density at radius 1 is 1.00 bits per heavy atom. The average Bonchev–Trinajstić information content (AvgIpc) is 2.70. The molecule has 0 fully saturated rings. The standard InChI is InChI=1S/C23H30N2O4/c1-16-17(11-13-21(26)25(4)15-14-24(2)3)10-12-20(22(16)29-5)18-6-8-19(9-7-18)23(27)28/h6-10,12H,11,13-15H2,1-5H3,(H,27,28). The number of carboxylic acids is 1. The van der Waals surface area contributed by atoms with Crippen LogP contribution in [-0.2, 0) is 11.2 Å². The van der Waals surface area contributed by atoms with Crippen molar-refractivity contribution >= 4 is 11.9 Å². The van der Waals surface area contributed by atoms with Gasteiger partial charge in [0.15, 0.2) is 0 Å². The van der Waals surface area contributed by atoms with Crippen LogP contribution in [0.1, 0.15) is 27.9 Å². The largest absolute Gasteiger partial charge is 0.496 e. The number of aryl methyl sites for hydroxylation is 1. The minimum Gasteiger partial charge on any atom is -0.496 e. The molecular formula is C23H30N2O4. The molecular weight excluding hydrogens is 368 g/mol. The van der Waals surface area contributed by atoms with Crippen molar-refractivity contribution in [3.63, 3.8) is 0 Å². The topological polar surface area (TPSA) is 70.1 Å². The molecule has 0 radical (unpaired) electrons. The van der Waals surface area contributed by atoms with E-state index in [1.807, 2.05) is 40.2 Å². The number of nitrogens with zero attached hydrogens (tertiary/aromatic N) is 2. The van der Waals surface area contributed by atoms with E-state index < -0.39 is 5.97 Å². The Kier molecular flexibility index (Phi) is 7.79. The van der Waals surface area contributed by atoms with E-state index in [0.717, 1.165) is 34.5 Å². The van der Waals surface area contributed by atoms with Gasteiger partial charge in [0.25, 0.3) is 0 Å². The Hall–Kier alpha value is -2.86. The van der Waals surface area contributed by atoms with Crippen LogP contribution < -0.4 is 4.74 Å². The maximum absolute atomic E-state index is 12.4. The van der Waals surface area contributed by atoms with Gasteiger partial charge < -0.3 is 19.6 Å². The minimum atomic E-state index is -0.949. The van der Waals surface area contributed by atoms with Crippen molar-refractivity contribution in [1.82, 2.24) is 9.80 Å². The molecule has 1 amide bonds. The van der Waals surface area contributed by atoms with Crippen LogP contribution in [0, 0.1) is 6.92 Å². The highest BCUT2D eigenvalue weighted by molar-refractivity contribution is 5.88. The Bertz CT molecular complexity index is 860. The van der Waals surface area contributed by atoms with Crippen molar-refractivity contribution in [2.45, 2.75) is 19.8 Å². The van der Waals surface area contributed by atoms with Gasteiger partial charge in [0.1, 0.15) is 5.75 Å². The summed E-state index contributed by atoms with van der Waals surface area (Å²) < 4.78 is 5.65. The number of ether oxygens (including phenoxy) is 1. The Morgan fingerprint density at radius 2 is 1.66 bits per heavy atom. The number of benzene rings is 2. The molecule has 0 saturated carbocycles. The monoisotopic (exact) mass is 398 g/mol. The van der Waals surface area contributed by atoms with Crippen molar-refractivity contribution in [2.75, 3.05) is 41.3 Å². The molecule has 0 heterocycles. The number of hydrogen-bond acceptors (Lipinski definition) is 4. The SMILES string of the molecule is COc1c(-c2ccc(C(=O)O)cc2)ccc(CCC(=O)N(C)CCN(C)C)c1C. The second kappa shape index (κ2) is 10.1. The molecule has 1 N–H and O–H groups in total. The van der Waals surface area contributed by atoms with Gasteiger partial charge in [0.2, 0.25) is 5.91 Å². The maximum atomic E-state index is 12.4. The van der Waals surface area contributed by atoms with E-state index in [1.54, 1.807) is 36.3 Å². The van der Waals surface area contributed by atoms with Crippen LogP contribution in [0.3, 0.4) is 0 Å². The molecule has 29 heavy (non-hydrogen) atoms. The number of carbonyl (C=O) groups is 2. The van der Waals surface area contributed by atoms with Crippen molar-refractivity contribution < 1.29 is 19.4 Å². The van der Waals surface area contributed by atoms with Gasteiger partial charge in [-0.3, -0.25) is 4.79 Å². The number of amides is 1.